The van der Waals surface area contributed by atoms with Gasteiger partial charge in [-0.25, -0.2) is 0 Å². The van der Waals surface area contributed by atoms with Crippen molar-refractivity contribution in [3.63, 3.8) is 0 Å². The van der Waals surface area contributed by atoms with Crippen LogP contribution in [0.25, 0.3) is 0 Å². The fraction of sp³-hybridized carbons (Fsp3) is 0.188. The normalized spacial score (nSPS) is 18.2. The maximum atomic E-state index is 6.09. The van der Waals surface area contributed by atoms with E-state index in [1.54, 1.807) is 0 Å². The third kappa shape index (κ3) is 2.31. The van der Waals surface area contributed by atoms with Crippen LogP contribution in [0.2, 0.25) is 0 Å². The molecule has 102 valence electrons. The molecule has 0 radical (unpaired) electrons. The number of hydrogen-bond acceptors (Lipinski definition) is 3. The number of nitrogens with two attached hydrogens (primary N) is 1. The van der Waals surface area contributed by atoms with E-state index >= 15 is 0 Å². The van der Waals surface area contributed by atoms with E-state index in [-0.39, 0.29) is 6.04 Å². The maximum absolute atomic E-state index is 6.09. The summed E-state index contributed by atoms with van der Waals surface area (Å²) in [6.07, 6.45) is 0. The Morgan fingerprint density at radius 2 is 1.85 bits per heavy atom. The van der Waals surface area contributed by atoms with Crippen LogP contribution in [-0.2, 0) is 0 Å². The van der Waals surface area contributed by atoms with E-state index in [4.69, 9.17) is 5.73 Å². The Morgan fingerprint density at radius 1 is 1.15 bits per heavy atom. The summed E-state index contributed by atoms with van der Waals surface area (Å²) in [5.74, 6) is 0.584. The summed E-state index contributed by atoms with van der Waals surface area (Å²) < 4.78 is 1.06. The number of guanidine groups is 1. The van der Waals surface area contributed by atoms with Crippen molar-refractivity contribution in [1.29, 1.82) is 0 Å². The van der Waals surface area contributed by atoms with Crippen molar-refractivity contribution in [1.82, 2.24) is 0 Å². The quantitative estimate of drug-likeness (QED) is 0.913. The van der Waals surface area contributed by atoms with Crippen molar-refractivity contribution in [2.45, 2.75) is 13.0 Å². The molecule has 3 rings (SSSR count). The summed E-state index contributed by atoms with van der Waals surface area (Å²) in [4.78, 5) is 6.53. The molecule has 2 aromatic rings. The van der Waals surface area contributed by atoms with Crippen LogP contribution in [0.3, 0.4) is 0 Å². The summed E-state index contributed by atoms with van der Waals surface area (Å²) in [6.45, 7) is 2.83. The van der Waals surface area contributed by atoms with Crippen molar-refractivity contribution in [3.05, 3.63) is 64.1 Å². The van der Waals surface area contributed by atoms with Gasteiger partial charge in [-0.2, -0.15) is 0 Å². The lowest BCUT2D eigenvalue weighted by molar-refractivity contribution is 0.762. The number of halogens is 1. The first-order chi connectivity index (χ1) is 9.66. The summed E-state index contributed by atoms with van der Waals surface area (Å²) >= 11 is 3.46. The van der Waals surface area contributed by atoms with E-state index in [0.29, 0.717) is 12.5 Å². The van der Waals surface area contributed by atoms with Crippen LogP contribution < -0.4 is 10.6 Å². The van der Waals surface area contributed by atoms with Crippen molar-refractivity contribution in [2.24, 2.45) is 10.7 Å². The summed E-state index contributed by atoms with van der Waals surface area (Å²) in [5.41, 5.74) is 9.71. The second kappa shape index (κ2) is 5.29. The lowest BCUT2D eigenvalue weighted by atomic mass is 10.0. The maximum Gasteiger partial charge on any atom is 0.196 e. The van der Waals surface area contributed by atoms with Crippen molar-refractivity contribution in [3.8, 4) is 0 Å². The molecule has 0 spiro atoms. The molecule has 1 aliphatic rings. The predicted octanol–water partition coefficient (Wildman–Crippen LogP) is 3.63. The number of aryl methyl sites for hydroxylation is 1. The van der Waals surface area contributed by atoms with Crippen LogP contribution in [0.4, 0.5) is 5.69 Å². The van der Waals surface area contributed by atoms with Crippen molar-refractivity contribution >= 4 is 27.6 Å². The molecule has 0 saturated carbocycles. The number of nitrogens with zero attached hydrogens (tertiary/aromatic N) is 2. The van der Waals surface area contributed by atoms with Crippen molar-refractivity contribution < 1.29 is 0 Å². The molecule has 0 aliphatic carbocycles. The first kappa shape index (κ1) is 13.2. The third-order valence-electron chi connectivity index (χ3n) is 3.64. The molecule has 0 fully saturated rings. The number of anilines is 1. The SMILES string of the molecule is Cc1ccccc1C1CN=C(N)N1c1ccc(Br)cc1. The Balaban J connectivity index is 2.01. The Morgan fingerprint density at radius 3 is 2.55 bits per heavy atom. The molecule has 1 unspecified atom stereocenters. The average molecular weight is 330 g/mol. The number of aliphatic imine (C=N–C) groups is 1. The zero-order valence-electron chi connectivity index (χ0n) is 11.3. The predicted molar refractivity (Wildman–Crippen MR) is 87.0 cm³/mol. The van der Waals surface area contributed by atoms with E-state index < -0.39 is 0 Å². The lowest BCUT2D eigenvalue weighted by Crippen LogP contribution is -2.36. The van der Waals surface area contributed by atoms with Gasteiger partial charge < -0.3 is 10.6 Å². The molecule has 0 bridgehead atoms. The highest BCUT2D eigenvalue weighted by molar-refractivity contribution is 9.10. The summed E-state index contributed by atoms with van der Waals surface area (Å²) in [5, 5.41) is 0. The van der Waals surface area contributed by atoms with Gasteiger partial charge in [0, 0.05) is 10.2 Å². The van der Waals surface area contributed by atoms with Gasteiger partial charge in [-0.1, -0.05) is 40.2 Å². The molecule has 1 atom stereocenters. The van der Waals surface area contributed by atoms with Gasteiger partial charge in [0.1, 0.15) is 0 Å². The first-order valence-corrected chi connectivity index (χ1v) is 7.36. The monoisotopic (exact) mass is 329 g/mol. The second-order valence-corrected chi connectivity index (χ2v) is 5.83. The molecule has 4 heteroatoms. The molecule has 1 aliphatic heterocycles. The second-order valence-electron chi connectivity index (χ2n) is 4.92. The number of hydrogen-bond donors (Lipinski definition) is 1. The van der Waals surface area contributed by atoms with Gasteiger partial charge in [-0.15, -0.1) is 0 Å². The van der Waals surface area contributed by atoms with Crippen LogP contribution in [0.1, 0.15) is 17.2 Å². The van der Waals surface area contributed by atoms with E-state index in [0.717, 1.165) is 10.2 Å². The minimum atomic E-state index is 0.178. The molecule has 0 amide bonds. The molecule has 2 N–H and O–H groups in total. The molecule has 1 heterocycles. The Kier molecular flexibility index (Phi) is 3.49. The molecule has 0 aromatic heterocycles. The highest BCUT2D eigenvalue weighted by Crippen LogP contribution is 2.33. The first-order valence-electron chi connectivity index (χ1n) is 6.57. The third-order valence-corrected chi connectivity index (χ3v) is 4.17. The zero-order valence-corrected chi connectivity index (χ0v) is 12.8. The van der Waals surface area contributed by atoms with Gasteiger partial charge in [0.15, 0.2) is 5.96 Å². The van der Waals surface area contributed by atoms with E-state index in [2.05, 4.69) is 69.1 Å². The van der Waals surface area contributed by atoms with Crippen LogP contribution in [0, 0.1) is 6.92 Å². The fourth-order valence-electron chi connectivity index (χ4n) is 2.61. The van der Waals surface area contributed by atoms with Crippen LogP contribution in [0.5, 0.6) is 0 Å². The number of benzene rings is 2. The van der Waals surface area contributed by atoms with Gasteiger partial charge in [0.25, 0.3) is 0 Å². The minimum absolute atomic E-state index is 0.178. The van der Waals surface area contributed by atoms with E-state index in [1.165, 1.54) is 11.1 Å². The molecular weight excluding hydrogens is 314 g/mol. The highest BCUT2D eigenvalue weighted by atomic mass is 79.9. The molecular formula is C16H16BrN3. The highest BCUT2D eigenvalue weighted by Gasteiger charge is 2.29. The minimum Gasteiger partial charge on any atom is -0.369 e. The van der Waals surface area contributed by atoms with Gasteiger partial charge in [0.05, 0.1) is 12.6 Å². The largest absolute Gasteiger partial charge is 0.369 e. The summed E-state index contributed by atoms with van der Waals surface area (Å²) in [6, 6.07) is 16.7. The topological polar surface area (TPSA) is 41.6 Å². The average Bonchev–Trinajstić information content (AvgIpc) is 2.82. The Hall–Kier alpha value is -1.81. The fourth-order valence-corrected chi connectivity index (χ4v) is 2.87. The molecule has 20 heavy (non-hydrogen) atoms. The Bertz CT molecular complexity index is 649. The lowest BCUT2D eigenvalue weighted by Gasteiger charge is -2.27. The van der Waals surface area contributed by atoms with Crippen LogP contribution in [-0.4, -0.2) is 12.5 Å². The number of rotatable bonds is 2. The van der Waals surface area contributed by atoms with E-state index in [1.807, 2.05) is 12.1 Å². The van der Waals surface area contributed by atoms with Crippen molar-refractivity contribution in [2.75, 3.05) is 11.4 Å². The van der Waals surface area contributed by atoms with E-state index in [9.17, 15) is 0 Å². The van der Waals surface area contributed by atoms with Gasteiger partial charge in [-0.3, -0.25) is 4.99 Å². The Labute approximate surface area is 127 Å². The zero-order chi connectivity index (χ0) is 14.1. The van der Waals surface area contributed by atoms with Crippen LogP contribution in [0.15, 0.2) is 58.0 Å². The molecule has 3 nitrogen and oxygen atoms in total. The van der Waals surface area contributed by atoms with Gasteiger partial charge in [-0.05, 0) is 42.3 Å². The summed E-state index contributed by atoms with van der Waals surface area (Å²) in [7, 11) is 0. The van der Waals surface area contributed by atoms with Crippen LogP contribution >= 0.6 is 15.9 Å². The molecule has 0 saturated heterocycles. The van der Waals surface area contributed by atoms with Gasteiger partial charge >= 0.3 is 0 Å². The smallest absolute Gasteiger partial charge is 0.196 e. The standard InChI is InChI=1S/C16H16BrN3/c1-11-4-2-3-5-14(11)15-10-19-16(18)20(15)13-8-6-12(17)7-9-13/h2-9,15H,10H2,1H3,(H2,18,19). The molecule has 2 aromatic carbocycles. The van der Waals surface area contributed by atoms with Gasteiger partial charge in [0.2, 0.25) is 0 Å².